The average molecular weight is 205 g/mol. The Morgan fingerprint density at radius 1 is 1.50 bits per heavy atom. The maximum Gasteiger partial charge on any atom is 0.248 e. The van der Waals surface area contributed by atoms with Crippen molar-refractivity contribution in [1.82, 2.24) is 5.32 Å². The molecule has 1 rings (SSSR count). The van der Waals surface area contributed by atoms with Gasteiger partial charge in [-0.25, -0.2) is 8.78 Å². The number of amides is 1. The molecule has 1 aliphatic carbocycles. The molecule has 0 saturated heterocycles. The highest BCUT2D eigenvalue weighted by atomic mass is 19.3. The molecule has 1 saturated carbocycles. The van der Waals surface area contributed by atoms with E-state index in [2.05, 4.69) is 5.32 Å². The molecular weight excluding hydrogens is 188 g/mol. The van der Waals surface area contributed by atoms with Crippen LogP contribution in [0, 0.1) is 5.92 Å². The molecule has 14 heavy (non-hydrogen) atoms. The maximum absolute atomic E-state index is 13.0. The Hall–Kier alpha value is -0.670. The number of carbonyl (C=O) groups excluding carboxylic acids is 1. The van der Waals surface area contributed by atoms with Gasteiger partial charge in [-0.2, -0.15) is 0 Å². The van der Waals surface area contributed by atoms with Crippen LogP contribution in [-0.4, -0.2) is 17.9 Å². The second kappa shape index (κ2) is 4.24. The van der Waals surface area contributed by atoms with Crippen LogP contribution in [0.15, 0.2) is 0 Å². The van der Waals surface area contributed by atoms with Gasteiger partial charge in [0.2, 0.25) is 11.8 Å². The summed E-state index contributed by atoms with van der Waals surface area (Å²) in [4.78, 5) is 11.5. The topological polar surface area (TPSA) is 29.1 Å². The Morgan fingerprint density at radius 2 is 2.14 bits per heavy atom. The SMILES string of the molecule is CC(C)NC(=O)C1CCCC(F)(F)C1. The Kier molecular flexibility index (Phi) is 3.45. The van der Waals surface area contributed by atoms with Gasteiger partial charge in [0.25, 0.3) is 0 Å². The number of rotatable bonds is 2. The summed E-state index contributed by atoms with van der Waals surface area (Å²) in [7, 11) is 0. The van der Waals surface area contributed by atoms with Crippen molar-refractivity contribution >= 4 is 5.91 Å². The molecule has 0 aromatic carbocycles. The minimum absolute atomic E-state index is 0.0260. The van der Waals surface area contributed by atoms with E-state index in [1.807, 2.05) is 13.8 Å². The molecule has 0 aromatic rings. The van der Waals surface area contributed by atoms with Gasteiger partial charge >= 0.3 is 0 Å². The first kappa shape index (κ1) is 11.4. The average Bonchev–Trinajstić information content (AvgIpc) is 2.01. The molecule has 0 spiro atoms. The lowest BCUT2D eigenvalue weighted by molar-refractivity contribution is -0.132. The highest BCUT2D eigenvalue weighted by Gasteiger charge is 2.39. The van der Waals surface area contributed by atoms with Crippen LogP contribution in [-0.2, 0) is 4.79 Å². The molecule has 1 unspecified atom stereocenters. The summed E-state index contributed by atoms with van der Waals surface area (Å²) >= 11 is 0. The van der Waals surface area contributed by atoms with Crippen LogP contribution in [0.4, 0.5) is 8.78 Å². The molecule has 0 aromatic heterocycles. The monoisotopic (exact) mass is 205 g/mol. The van der Waals surface area contributed by atoms with Crippen molar-refractivity contribution in [1.29, 1.82) is 0 Å². The standard InChI is InChI=1S/C10H17F2NO/c1-7(2)13-9(14)8-4-3-5-10(11,12)6-8/h7-8H,3-6H2,1-2H3,(H,13,14). The Bertz CT molecular complexity index is 216. The van der Waals surface area contributed by atoms with Crippen LogP contribution in [0.1, 0.15) is 39.5 Å². The maximum atomic E-state index is 13.0. The molecule has 0 heterocycles. The fraction of sp³-hybridized carbons (Fsp3) is 0.900. The van der Waals surface area contributed by atoms with Gasteiger partial charge in [0.1, 0.15) is 0 Å². The van der Waals surface area contributed by atoms with Gasteiger partial charge in [0, 0.05) is 24.8 Å². The molecule has 0 aliphatic heterocycles. The summed E-state index contributed by atoms with van der Waals surface area (Å²) in [6.07, 6.45) is 0.682. The normalized spacial score (nSPS) is 26.2. The largest absolute Gasteiger partial charge is 0.354 e. The van der Waals surface area contributed by atoms with Crippen molar-refractivity contribution in [3.8, 4) is 0 Å². The van der Waals surface area contributed by atoms with Gasteiger partial charge < -0.3 is 5.32 Å². The Morgan fingerprint density at radius 3 is 2.64 bits per heavy atom. The van der Waals surface area contributed by atoms with Crippen molar-refractivity contribution in [3.05, 3.63) is 0 Å². The second-order valence-electron chi connectivity index (χ2n) is 4.31. The summed E-state index contributed by atoms with van der Waals surface area (Å²) in [6.45, 7) is 3.66. The number of nitrogens with one attached hydrogen (secondary N) is 1. The van der Waals surface area contributed by atoms with Crippen molar-refractivity contribution < 1.29 is 13.6 Å². The van der Waals surface area contributed by atoms with Crippen LogP contribution >= 0.6 is 0 Å². The first-order valence-electron chi connectivity index (χ1n) is 5.09. The van der Waals surface area contributed by atoms with Crippen LogP contribution in [0.3, 0.4) is 0 Å². The summed E-state index contributed by atoms with van der Waals surface area (Å²) in [5, 5.41) is 2.68. The van der Waals surface area contributed by atoms with Gasteiger partial charge in [-0.3, -0.25) is 4.79 Å². The van der Waals surface area contributed by atoms with Gasteiger partial charge in [-0.15, -0.1) is 0 Å². The van der Waals surface area contributed by atoms with Crippen LogP contribution in [0.2, 0.25) is 0 Å². The van der Waals surface area contributed by atoms with E-state index >= 15 is 0 Å². The summed E-state index contributed by atoms with van der Waals surface area (Å²) in [5.41, 5.74) is 0. The van der Waals surface area contributed by atoms with E-state index < -0.39 is 11.8 Å². The third-order valence-corrected chi connectivity index (χ3v) is 2.44. The van der Waals surface area contributed by atoms with Crippen LogP contribution in [0.5, 0.6) is 0 Å². The van der Waals surface area contributed by atoms with E-state index in [0.717, 1.165) is 0 Å². The van der Waals surface area contributed by atoms with Crippen molar-refractivity contribution in [2.75, 3.05) is 0 Å². The molecule has 1 aliphatic rings. The molecule has 2 nitrogen and oxygen atoms in total. The lowest BCUT2D eigenvalue weighted by Gasteiger charge is -2.28. The Balaban J connectivity index is 2.48. The van der Waals surface area contributed by atoms with Gasteiger partial charge in [0.15, 0.2) is 0 Å². The summed E-state index contributed by atoms with van der Waals surface area (Å²) in [5.74, 6) is -3.36. The van der Waals surface area contributed by atoms with E-state index in [0.29, 0.717) is 12.8 Å². The summed E-state index contributed by atoms with van der Waals surface area (Å²) in [6, 6.07) is 0.0260. The van der Waals surface area contributed by atoms with Crippen molar-refractivity contribution in [2.45, 2.75) is 51.5 Å². The number of alkyl halides is 2. The highest BCUT2D eigenvalue weighted by molar-refractivity contribution is 5.79. The molecule has 82 valence electrons. The lowest BCUT2D eigenvalue weighted by Crippen LogP contribution is -2.40. The smallest absolute Gasteiger partial charge is 0.248 e. The zero-order valence-electron chi connectivity index (χ0n) is 8.65. The molecule has 0 radical (unpaired) electrons. The predicted molar refractivity (Wildman–Crippen MR) is 50.2 cm³/mol. The summed E-state index contributed by atoms with van der Waals surface area (Å²) < 4.78 is 25.9. The van der Waals surface area contributed by atoms with E-state index in [1.54, 1.807) is 0 Å². The molecule has 1 fully saturated rings. The number of hydrogen-bond donors (Lipinski definition) is 1. The lowest BCUT2D eigenvalue weighted by atomic mass is 9.86. The van der Waals surface area contributed by atoms with Gasteiger partial charge in [0.05, 0.1) is 0 Å². The molecule has 1 N–H and O–H groups in total. The number of hydrogen-bond acceptors (Lipinski definition) is 1. The van der Waals surface area contributed by atoms with Gasteiger partial charge in [-0.05, 0) is 26.7 Å². The minimum Gasteiger partial charge on any atom is -0.354 e. The second-order valence-corrected chi connectivity index (χ2v) is 4.31. The van der Waals surface area contributed by atoms with E-state index in [-0.39, 0.29) is 24.8 Å². The Labute approximate surface area is 83.1 Å². The van der Waals surface area contributed by atoms with E-state index in [1.165, 1.54) is 0 Å². The zero-order chi connectivity index (χ0) is 10.8. The molecule has 0 bridgehead atoms. The quantitative estimate of drug-likeness (QED) is 0.736. The van der Waals surface area contributed by atoms with Crippen LogP contribution < -0.4 is 5.32 Å². The first-order chi connectivity index (χ1) is 6.41. The molecule has 1 amide bonds. The number of halogens is 2. The third-order valence-electron chi connectivity index (χ3n) is 2.44. The zero-order valence-corrected chi connectivity index (χ0v) is 8.65. The fourth-order valence-corrected chi connectivity index (χ4v) is 1.80. The van der Waals surface area contributed by atoms with Crippen molar-refractivity contribution in [3.63, 3.8) is 0 Å². The molecule has 1 atom stereocenters. The highest BCUT2D eigenvalue weighted by Crippen LogP contribution is 2.36. The molecular formula is C10H17F2NO. The van der Waals surface area contributed by atoms with E-state index in [9.17, 15) is 13.6 Å². The number of carbonyl (C=O) groups is 1. The third kappa shape index (κ3) is 3.24. The van der Waals surface area contributed by atoms with Crippen LogP contribution in [0.25, 0.3) is 0 Å². The predicted octanol–water partition coefficient (Wildman–Crippen LogP) is 2.34. The first-order valence-corrected chi connectivity index (χ1v) is 5.09. The fourth-order valence-electron chi connectivity index (χ4n) is 1.80. The van der Waals surface area contributed by atoms with Crippen molar-refractivity contribution in [2.24, 2.45) is 5.92 Å². The van der Waals surface area contributed by atoms with Gasteiger partial charge in [-0.1, -0.05) is 0 Å². The molecule has 4 heteroatoms. The minimum atomic E-state index is -2.64. The van der Waals surface area contributed by atoms with E-state index in [4.69, 9.17) is 0 Å².